The maximum absolute atomic E-state index is 11.2. The van der Waals surface area contributed by atoms with Crippen molar-refractivity contribution >= 4 is 16.9 Å². The number of hydrogen-bond donors (Lipinski definition) is 1. The number of benzene rings is 1. The van der Waals surface area contributed by atoms with Crippen LogP contribution in [0.1, 0.15) is 56.9 Å². The quantitative estimate of drug-likeness (QED) is 0.539. The molecule has 31 heavy (non-hydrogen) atoms. The van der Waals surface area contributed by atoms with Gasteiger partial charge in [0.25, 0.3) is 0 Å². The summed E-state index contributed by atoms with van der Waals surface area (Å²) in [4.78, 5) is 18.3. The van der Waals surface area contributed by atoms with Crippen molar-refractivity contribution in [1.29, 1.82) is 0 Å². The molecular weight excluding hydrogens is 388 g/mol. The van der Waals surface area contributed by atoms with Crippen LogP contribution in [0.2, 0.25) is 0 Å². The van der Waals surface area contributed by atoms with Gasteiger partial charge in [-0.2, -0.15) is 0 Å². The summed E-state index contributed by atoms with van der Waals surface area (Å²) in [6.45, 7) is 3.46. The average Bonchev–Trinajstić information content (AvgIpc) is 3.61. The molecule has 0 amide bonds. The van der Waals surface area contributed by atoms with Gasteiger partial charge in [-0.25, -0.2) is 0 Å². The lowest BCUT2D eigenvalue weighted by Gasteiger charge is -2.39. The van der Waals surface area contributed by atoms with Crippen LogP contribution >= 0.6 is 0 Å². The summed E-state index contributed by atoms with van der Waals surface area (Å²) in [7, 11) is 1.70. The second-order valence-electron chi connectivity index (χ2n) is 9.52. The van der Waals surface area contributed by atoms with E-state index in [0.29, 0.717) is 18.3 Å². The van der Waals surface area contributed by atoms with Crippen LogP contribution in [0.5, 0.6) is 5.75 Å². The maximum atomic E-state index is 11.2. The molecule has 2 fully saturated rings. The number of pyridine rings is 1. The summed E-state index contributed by atoms with van der Waals surface area (Å²) in [5, 5.41) is 10.4. The van der Waals surface area contributed by atoms with E-state index in [2.05, 4.69) is 22.0 Å². The van der Waals surface area contributed by atoms with E-state index < -0.39 is 5.97 Å². The van der Waals surface area contributed by atoms with Crippen molar-refractivity contribution < 1.29 is 14.6 Å². The van der Waals surface area contributed by atoms with Crippen molar-refractivity contribution in [2.75, 3.05) is 26.7 Å². The first-order chi connectivity index (χ1) is 15.1. The number of ether oxygens (including phenoxy) is 1. The van der Waals surface area contributed by atoms with E-state index >= 15 is 0 Å². The molecule has 4 rings (SSSR count). The molecule has 0 radical (unpaired) electrons. The molecular formula is C26H36N2O3. The van der Waals surface area contributed by atoms with Gasteiger partial charge in [-0.15, -0.1) is 0 Å². The van der Waals surface area contributed by atoms with Gasteiger partial charge in [0.05, 0.1) is 12.6 Å². The van der Waals surface area contributed by atoms with Gasteiger partial charge in [0, 0.05) is 24.5 Å². The van der Waals surface area contributed by atoms with E-state index in [9.17, 15) is 9.90 Å². The van der Waals surface area contributed by atoms with Crippen LogP contribution < -0.4 is 4.74 Å². The molecule has 2 aliphatic rings. The first-order valence-electron chi connectivity index (χ1n) is 12.0. The van der Waals surface area contributed by atoms with Gasteiger partial charge in [-0.3, -0.25) is 9.78 Å². The lowest BCUT2D eigenvalue weighted by molar-refractivity contribution is -0.137. The van der Waals surface area contributed by atoms with Crippen molar-refractivity contribution in [1.82, 2.24) is 9.88 Å². The molecule has 1 aromatic heterocycles. The van der Waals surface area contributed by atoms with Crippen LogP contribution in [0.15, 0.2) is 30.5 Å². The topological polar surface area (TPSA) is 62.7 Å². The van der Waals surface area contributed by atoms with Crippen LogP contribution in [0, 0.1) is 17.8 Å². The van der Waals surface area contributed by atoms with Crippen molar-refractivity contribution in [2.24, 2.45) is 17.8 Å². The van der Waals surface area contributed by atoms with Crippen LogP contribution in [-0.2, 0) is 11.2 Å². The molecule has 1 saturated carbocycles. The van der Waals surface area contributed by atoms with Crippen molar-refractivity contribution in [2.45, 2.75) is 57.8 Å². The van der Waals surface area contributed by atoms with Gasteiger partial charge in [0.1, 0.15) is 5.75 Å². The van der Waals surface area contributed by atoms with E-state index in [-0.39, 0.29) is 0 Å². The number of aromatic nitrogens is 1. The third-order valence-corrected chi connectivity index (χ3v) is 7.32. The molecule has 5 nitrogen and oxygen atoms in total. The number of carboxylic acid groups (broad SMARTS) is 1. The van der Waals surface area contributed by atoms with Crippen molar-refractivity contribution in [3.63, 3.8) is 0 Å². The predicted octanol–water partition coefficient (Wildman–Crippen LogP) is 5.17. The number of carboxylic acids is 1. The molecule has 1 aromatic carbocycles. The Morgan fingerprint density at radius 3 is 2.81 bits per heavy atom. The van der Waals surface area contributed by atoms with Crippen LogP contribution in [0.25, 0.3) is 10.9 Å². The Morgan fingerprint density at radius 1 is 1.16 bits per heavy atom. The molecule has 2 aromatic rings. The lowest BCUT2D eigenvalue weighted by atomic mass is 9.79. The summed E-state index contributed by atoms with van der Waals surface area (Å²) in [5.41, 5.74) is 2.34. The highest BCUT2D eigenvalue weighted by atomic mass is 16.5. The zero-order valence-corrected chi connectivity index (χ0v) is 18.8. The second kappa shape index (κ2) is 10.4. The van der Waals surface area contributed by atoms with Crippen LogP contribution in [0.4, 0.5) is 0 Å². The molecule has 0 unspecified atom stereocenters. The van der Waals surface area contributed by atoms with Crippen molar-refractivity contribution in [3.8, 4) is 5.75 Å². The number of aliphatic carboxylic acids is 1. The van der Waals surface area contributed by atoms with Crippen molar-refractivity contribution in [3.05, 3.63) is 36.0 Å². The van der Waals surface area contributed by atoms with E-state index in [1.807, 2.05) is 18.3 Å². The number of carbonyl (C=O) groups is 1. The van der Waals surface area contributed by atoms with E-state index in [1.165, 1.54) is 56.1 Å². The maximum Gasteiger partial charge on any atom is 0.303 e. The SMILES string of the molecule is COc1ccc2nccc(CCC[C@@H]3CCN(CCC4CC4)C[C@@H]3CCC(=O)O)c2c1. The molecule has 1 saturated heterocycles. The predicted molar refractivity (Wildman–Crippen MR) is 123 cm³/mol. The highest BCUT2D eigenvalue weighted by molar-refractivity contribution is 5.83. The standard InChI is InChI=1S/C26H36N2O3/c1-31-23-8-9-25-24(17-23)21(11-14-27-25)4-2-3-20-13-16-28(15-12-19-5-6-19)18-22(20)7-10-26(29)30/h8-9,11,14,17,19-20,22H,2-7,10,12-13,15-16,18H2,1H3,(H,29,30)/t20-,22+/m1/s1. The van der Waals surface area contributed by atoms with Crippen LogP contribution in [0.3, 0.4) is 0 Å². The number of hydrogen-bond acceptors (Lipinski definition) is 4. The Bertz CT molecular complexity index is 880. The summed E-state index contributed by atoms with van der Waals surface area (Å²) >= 11 is 0. The minimum atomic E-state index is -0.661. The molecule has 0 bridgehead atoms. The third kappa shape index (κ3) is 6.19. The van der Waals surface area contributed by atoms with Gasteiger partial charge in [-0.05, 0) is 99.2 Å². The summed E-state index contributed by atoms with van der Waals surface area (Å²) in [6.07, 6.45) is 11.7. The zero-order valence-electron chi connectivity index (χ0n) is 18.8. The first-order valence-corrected chi connectivity index (χ1v) is 12.0. The van der Waals surface area contributed by atoms with Gasteiger partial charge in [0.15, 0.2) is 0 Å². The number of methoxy groups -OCH3 is 1. The van der Waals surface area contributed by atoms with Gasteiger partial charge < -0.3 is 14.7 Å². The van der Waals surface area contributed by atoms with E-state index in [0.717, 1.165) is 43.0 Å². The molecule has 1 N–H and O–H groups in total. The number of fused-ring (bicyclic) bond motifs is 1. The zero-order chi connectivity index (χ0) is 21.6. The molecule has 0 spiro atoms. The van der Waals surface area contributed by atoms with Gasteiger partial charge >= 0.3 is 5.97 Å². The first kappa shape index (κ1) is 22.1. The normalized spacial score (nSPS) is 22.0. The Hall–Kier alpha value is -2.14. The number of likely N-dealkylation sites (tertiary alicyclic amines) is 1. The Kier molecular flexibility index (Phi) is 7.44. The summed E-state index contributed by atoms with van der Waals surface area (Å²) < 4.78 is 5.41. The fourth-order valence-electron chi connectivity index (χ4n) is 5.23. The fourth-order valence-corrected chi connectivity index (χ4v) is 5.23. The molecule has 2 atom stereocenters. The number of nitrogens with zero attached hydrogens (tertiary/aromatic N) is 2. The third-order valence-electron chi connectivity index (χ3n) is 7.32. The Balaban J connectivity index is 1.34. The second-order valence-corrected chi connectivity index (χ2v) is 9.52. The molecule has 168 valence electrons. The van der Waals surface area contributed by atoms with E-state index in [1.54, 1.807) is 7.11 Å². The molecule has 1 aliphatic carbocycles. The average molecular weight is 425 g/mol. The fraction of sp³-hybridized carbons (Fsp3) is 0.615. The van der Waals surface area contributed by atoms with Gasteiger partial charge in [-0.1, -0.05) is 12.8 Å². The Morgan fingerprint density at radius 2 is 2.03 bits per heavy atom. The molecule has 5 heteroatoms. The number of rotatable bonds is 11. The summed E-state index contributed by atoms with van der Waals surface area (Å²) in [5.74, 6) is 2.32. The van der Waals surface area contributed by atoms with E-state index in [4.69, 9.17) is 4.74 Å². The molecule has 1 aliphatic heterocycles. The highest BCUT2D eigenvalue weighted by Gasteiger charge is 2.30. The van der Waals surface area contributed by atoms with Crippen LogP contribution in [-0.4, -0.2) is 47.7 Å². The highest BCUT2D eigenvalue weighted by Crippen LogP contribution is 2.35. The van der Waals surface area contributed by atoms with Gasteiger partial charge in [0.2, 0.25) is 0 Å². The number of aryl methyl sites for hydroxylation is 1. The monoisotopic (exact) mass is 424 g/mol. The summed E-state index contributed by atoms with van der Waals surface area (Å²) in [6, 6.07) is 8.20. The molecule has 2 heterocycles. The minimum Gasteiger partial charge on any atom is -0.497 e. The lowest BCUT2D eigenvalue weighted by Crippen LogP contribution is -2.41. The number of piperidine rings is 1. The smallest absolute Gasteiger partial charge is 0.303 e. The Labute approximate surface area is 185 Å². The minimum absolute atomic E-state index is 0.298. The largest absolute Gasteiger partial charge is 0.497 e.